The quantitative estimate of drug-likeness (QED) is 0.306. The molecule has 0 N–H and O–H groups in total. The summed E-state index contributed by atoms with van der Waals surface area (Å²) in [5.41, 5.74) is 8.34. The standard InChI is InChI=1S/C9H6N4O/c10-13-12-9(6-14)8(11-9)7-4-2-1-3-5-7/h1-6H. The molecule has 0 saturated carbocycles. The van der Waals surface area contributed by atoms with Crippen molar-refractivity contribution in [1.29, 1.82) is 0 Å². The molecule has 1 unspecified atom stereocenters. The zero-order chi connectivity index (χ0) is 10.0. The maximum absolute atomic E-state index is 10.7. The Balaban J connectivity index is 2.30. The van der Waals surface area contributed by atoms with Gasteiger partial charge in [-0.25, -0.2) is 0 Å². The molecule has 0 amide bonds. The Bertz CT molecular complexity index is 447. The monoisotopic (exact) mass is 186 g/mol. The van der Waals surface area contributed by atoms with Gasteiger partial charge < -0.3 is 4.79 Å². The van der Waals surface area contributed by atoms with Crippen molar-refractivity contribution in [1.82, 2.24) is 0 Å². The molecule has 0 saturated heterocycles. The minimum atomic E-state index is -1.27. The Hall–Kier alpha value is -2.13. The highest BCUT2D eigenvalue weighted by molar-refractivity contribution is 6.25. The van der Waals surface area contributed by atoms with E-state index >= 15 is 0 Å². The van der Waals surface area contributed by atoms with Gasteiger partial charge in [0, 0.05) is 4.91 Å². The molecule has 0 radical (unpaired) electrons. The predicted molar refractivity (Wildman–Crippen MR) is 50.9 cm³/mol. The average Bonchev–Trinajstić information content (AvgIpc) is 2.95. The van der Waals surface area contributed by atoms with E-state index in [0.717, 1.165) is 5.56 Å². The SMILES string of the molecule is [N-]=[N+]=NC1(C=O)N=C1c1ccccc1. The topological polar surface area (TPSA) is 78.2 Å². The highest BCUT2D eigenvalue weighted by atomic mass is 16.1. The Morgan fingerprint density at radius 2 is 2.14 bits per heavy atom. The van der Waals surface area contributed by atoms with Crippen LogP contribution in [0.2, 0.25) is 0 Å². The van der Waals surface area contributed by atoms with Crippen LogP contribution >= 0.6 is 0 Å². The van der Waals surface area contributed by atoms with Crippen molar-refractivity contribution in [3.63, 3.8) is 0 Å². The van der Waals surface area contributed by atoms with Gasteiger partial charge in [-0.1, -0.05) is 30.3 Å². The lowest BCUT2D eigenvalue weighted by molar-refractivity contribution is -0.109. The highest BCUT2D eigenvalue weighted by Gasteiger charge is 2.47. The van der Waals surface area contributed by atoms with Crippen molar-refractivity contribution in [2.24, 2.45) is 10.1 Å². The zero-order valence-electron chi connectivity index (χ0n) is 7.16. The number of nitrogens with zero attached hydrogens (tertiary/aromatic N) is 4. The van der Waals surface area contributed by atoms with E-state index in [2.05, 4.69) is 15.0 Å². The zero-order valence-corrected chi connectivity index (χ0v) is 7.16. The maximum atomic E-state index is 10.7. The second-order valence-corrected chi connectivity index (χ2v) is 2.86. The molecule has 0 aromatic heterocycles. The van der Waals surface area contributed by atoms with Crippen LogP contribution in [-0.2, 0) is 4.79 Å². The molecule has 5 heteroatoms. The largest absolute Gasteiger partial charge is 0.300 e. The normalized spacial score (nSPS) is 23.3. The number of carbonyl (C=O) groups is 1. The smallest absolute Gasteiger partial charge is 0.236 e. The van der Waals surface area contributed by atoms with Crippen LogP contribution in [0.3, 0.4) is 0 Å². The molecule has 1 aromatic carbocycles. The summed E-state index contributed by atoms with van der Waals surface area (Å²) in [6.45, 7) is 0. The summed E-state index contributed by atoms with van der Waals surface area (Å²) in [5.74, 6) is 0. The van der Waals surface area contributed by atoms with Crippen molar-refractivity contribution in [3.8, 4) is 0 Å². The van der Waals surface area contributed by atoms with E-state index in [1.54, 1.807) is 0 Å². The first-order valence-corrected chi connectivity index (χ1v) is 4.01. The fraction of sp³-hybridized carbons (Fsp3) is 0.111. The van der Waals surface area contributed by atoms with Gasteiger partial charge in [-0.05, 0) is 16.2 Å². The van der Waals surface area contributed by atoms with E-state index < -0.39 is 5.66 Å². The van der Waals surface area contributed by atoms with E-state index in [1.165, 1.54) is 0 Å². The molecule has 0 aliphatic carbocycles. The minimum absolute atomic E-state index is 0.533. The number of aldehydes is 1. The average molecular weight is 186 g/mol. The molecule has 1 aromatic rings. The Morgan fingerprint density at radius 1 is 1.43 bits per heavy atom. The van der Waals surface area contributed by atoms with Crippen molar-refractivity contribution in [2.75, 3.05) is 0 Å². The summed E-state index contributed by atoms with van der Waals surface area (Å²) in [4.78, 5) is 17.2. The predicted octanol–water partition coefficient (Wildman–Crippen LogP) is 1.69. The molecule has 1 atom stereocenters. The van der Waals surface area contributed by atoms with Crippen molar-refractivity contribution in [3.05, 3.63) is 46.3 Å². The number of hydrogen-bond donors (Lipinski definition) is 0. The molecule has 2 rings (SSSR count). The van der Waals surface area contributed by atoms with Gasteiger partial charge in [0.2, 0.25) is 5.66 Å². The summed E-state index contributed by atoms with van der Waals surface area (Å²) in [7, 11) is 0. The third-order valence-electron chi connectivity index (χ3n) is 1.99. The Morgan fingerprint density at radius 3 is 2.71 bits per heavy atom. The van der Waals surface area contributed by atoms with Crippen molar-refractivity contribution < 1.29 is 4.79 Å². The third-order valence-corrected chi connectivity index (χ3v) is 1.99. The summed E-state index contributed by atoms with van der Waals surface area (Å²) < 4.78 is 0. The van der Waals surface area contributed by atoms with Gasteiger partial charge in [0.25, 0.3) is 0 Å². The van der Waals surface area contributed by atoms with Crippen LogP contribution < -0.4 is 0 Å². The number of rotatable bonds is 3. The summed E-state index contributed by atoms with van der Waals surface area (Å²) in [5, 5.41) is 3.35. The lowest BCUT2D eigenvalue weighted by atomic mass is 10.1. The molecule has 1 aliphatic rings. The summed E-state index contributed by atoms with van der Waals surface area (Å²) >= 11 is 0. The van der Waals surface area contributed by atoms with Gasteiger partial charge in [-0.3, -0.25) is 4.99 Å². The maximum Gasteiger partial charge on any atom is 0.236 e. The molecule has 0 spiro atoms. The number of benzene rings is 1. The van der Waals surface area contributed by atoms with Crippen LogP contribution in [0.4, 0.5) is 0 Å². The molecule has 0 fully saturated rings. The van der Waals surface area contributed by atoms with Gasteiger partial charge in [-0.2, -0.15) is 0 Å². The minimum Gasteiger partial charge on any atom is -0.300 e. The first-order valence-electron chi connectivity index (χ1n) is 4.01. The fourth-order valence-electron chi connectivity index (χ4n) is 1.26. The molecule has 1 heterocycles. The molecule has 14 heavy (non-hydrogen) atoms. The second kappa shape index (κ2) is 2.97. The second-order valence-electron chi connectivity index (χ2n) is 2.86. The van der Waals surface area contributed by atoms with E-state index in [9.17, 15) is 4.79 Å². The first-order chi connectivity index (χ1) is 6.82. The highest BCUT2D eigenvalue weighted by Crippen LogP contribution is 2.32. The molecular formula is C9H6N4O. The molecular weight excluding hydrogens is 180 g/mol. The first kappa shape index (κ1) is 8.47. The Labute approximate surface area is 79.7 Å². The van der Waals surface area contributed by atoms with Gasteiger partial charge in [0.15, 0.2) is 6.29 Å². The van der Waals surface area contributed by atoms with E-state index in [1.807, 2.05) is 30.3 Å². The Kier molecular flexibility index (Phi) is 1.80. The fourth-order valence-corrected chi connectivity index (χ4v) is 1.26. The van der Waals surface area contributed by atoms with Gasteiger partial charge in [-0.15, -0.1) is 0 Å². The lowest BCUT2D eigenvalue weighted by Gasteiger charge is -1.97. The molecule has 5 nitrogen and oxygen atoms in total. The van der Waals surface area contributed by atoms with Crippen molar-refractivity contribution >= 4 is 12.0 Å². The van der Waals surface area contributed by atoms with E-state index in [0.29, 0.717) is 12.0 Å². The molecule has 0 bridgehead atoms. The molecule has 1 aliphatic heterocycles. The van der Waals surface area contributed by atoms with Crippen molar-refractivity contribution in [2.45, 2.75) is 5.66 Å². The summed E-state index contributed by atoms with van der Waals surface area (Å²) in [6.07, 6.45) is 0.551. The number of carbonyl (C=O) groups excluding carboxylic acids is 1. The van der Waals surface area contributed by atoms with Crippen LogP contribution in [0.25, 0.3) is 10.4 Å². The van der Waals surface area contributed by atoms with Crippen LogP contribution in [0.1, 0.15) is 5.56 Å². The van der Waals surface area contributed by atoms with Crippen LogP contribution in [-0.4, -0.2) is 17.7 Å². The van der Waals surface area contributed by atoms with Crippen LogP contribution in [0.5, 0.6) is 0 Å². The van der Waals surface area contributed by atoms with E-state index in [4.69, 9.17) is 5.53 Å². The van der Waals surface area contributed by atoms with Gasteiger partial charge in [0.1, 0.15) is 0 Å². The van der Waals surface area contributed by atoms with Gasteiger partial charge >= 0.3 is 0 Å². The third kappa shape index (κ3) is 1.16. The van der Waals surface area contributed by atoms with Gasteiger partial charge in [0.05, 0.1) is 5.71 Å². The van der Waals surface area contributed by atoms with Crippen LogP contribution in [0.15, 0.2) is 40.4 Å². The lowest BCUT2D eigenvalue weighted by Crippen LogP contribution is -2.17. The number of aliphatic imine (C=N–C) groups is 1. The summed E-state index contributed by atoms with van der Waals surface area (Å²) in [6, 6.07) is 9.17. The molecule has 68 valence electrons. The number of azide groups is 1. The van der Waals surface area contributed by atoms with Crippen LogP contribution in [0, 0.1) is 0 Å². The number of hydrogen-bond acceptors (Lipinski definition) is 3. The van der Waals surface area contributed by atoms with E-state index in [-0.39, 0.29) is 0 Å².